The summed E-state index contributed by atoms with van der Waals surface area (Å²) < 4.78 is 32.8. The highest BCUT2D eigenvalue weighted by molar-refractivity contribution is 7.89. The highest BCUT2D eigenvalue weighted by Gasteiger charge is 2.34. The van der Waals surface area contributed by atoms with Crippen molar-refractivity contribution in [3.8, 4) is 0 Å². The summed E-state index contributed by atoms with van der Waals surface area (Å²) in [6.45, 7) is 6.95. The van der Waals surface area contributed by atoms with Crippen molar-refractivity contribution in [1.82, 2.24) is 4.31 Å². The van der Waals surface area contributed by atoms with Gasteiger partial charge in [-0.25, -0.2) is 8.42 Å². The van der Waals surface area contributed by atoms with E-state index in [1.165, 1.54) is 0 Å². The number of nitrogens with zero attached hydrogens (tertiary/aromatic N) is 1. The van der Waals surface area contributed by atoms with Crippen LogP contribution in [0.3, 0.4) is 0 Å². The van der Waals surface area contributed by atoms with Gasteiger partial charge in [0.2, 0.25) is 10.0 Å². The average molecular weight is 300 g/mol. The summed E-state index contributed by atoms with van der Waals surface area (Å²) in [7, 11) is -3.50. The Morgan fingerprint density at radius 2 is 2.05 bits per heavy atom. The fourth-order valence-corrected chi connectivity index (χ4v) is 4.97. The van der Waals surface area contributed by atoms with Gasteiger partial charge in [0.05, 0.1) is 0 Å². The molecule has 6 heteroatoms. The largest absolute Gasteiger partial charge is 0.465 e. The minimum atomic E-state index is -3.50. The van der Waals surface area contributed by atoms with Crippen LogP contribution in [0.4, 0.5) is 0 Å². The lowest BCUT2D eigenvalue weighted by Crippen LogP contribution is -2.40. The summed E-state index contributed by atoms with van der Waals surface area (Å²) in [5, 5.41) is 0. The molecular weight excluding hydrogens is 276 g/mol. The summed E-state index contributed by atoms with van der Waals surface area (Å²) >= 11 is 0. The number of aryl methyl sites for hydroxylation is 2. The van der Waals surface area contributed by atoms with E-state index in [9.17, 15) is 8.42 Å². The van der Waals surface area contributed by atoms with Crippen molar-refractivity contribution in [1.29, 1.82) is 0 Å². The van der Waals surface area contributed by atoms with Crippen molar-refractivity contribution in [3.05, 3.63) is 17.1 Å². The second kappa shape index (κ2) is 5.87. The van der Waals surface area contributed by atoms with E-state index in [1.54, 1.807) is 18.2 Å². The van der Waals surface area contributed by atoms with E-state index in [4.69, 9.17) is 10.2 Å². The molecule has 0 saturated carbocycles. The van der Waals surface area contributed by atoms with Crippen LogP contribution in [0.5, 0.6) is 0 Å². The number of furan rings is 1. The number of piperidine rings is 1. The van der Waals surface area contributed by atoms with Crippen LogP contribution in [0.1, 0.15) is 43.3 Å². The van der Waals surface area contributed by atoms with Gasteiger partial charge >= 0.3 is 0 Å². The molecule has 5 nitrogen and oxygen atoms in total. The van der Waals surface area contributed by atoms with Gasteiger partial charge in [0, 0.05) is 25.2 Å². The molecule has 0 amide bonds. The summed E-state index contributed by atoms with van der Waals surface area (Å²) in [5.74, 6) is 1.50. The predicted octanol–water partition coefficient (Wildman–Crippen LogP) is 2.17. The van der Waals surface area contributed by atoms with Crippen molar-refractivity contribution in [2.24, 2.45) is 11.7 Å². The first-order chi connectivity index (χ1) is 9.41. The molecule has 1 aliphatic heterocycles. The van der Waals surface area contributed by atoms with Crippen LogP contribution in [0.2, 0.25) is 0 Å². The predicted molar refractivity (Wildman–Crippen MR) is 77.8 cm³/mol. The number of hydrogen-bond acceptors (Lipinski definition) is 4. The maximum absolute atomic E-state index is 12.9. The van der Waals surface area contributed by atoms with Gasteiger partial charge in [-0.05, 0) is 32.6 Å². The lowest BCUT2D eigenvalue weighted by molar-refractivity contribution is 0.261. The van der Waals surface area contributed by atoms with Crippen LogP contribution in [-0.2, 0) is 16.6 Å². The SMILES string of the molecule is CCC1CCCN(S(=O)(=O)c2c(C)oc(C)c2CN)C1. The standard InChI is InChI=1S/C14H24N2O3S/c1-4-12-6-5-7-16(9-12)20(17,18)14-11(3)19-10(2)13(14)8-15/h12H,4-9,15H2,1-3H3. The Morgan fingerprint density at radius 3 is 2.65 bits per heavy atom. The van der Waals surface area contributed by atoms with Gasteiger partial charge in [-0.1, -0.05) is 13.3 Å². The Balaban J connectivity index is 2.40. The van der Waals surface area contributed by atoms with Gasteiger partial charge in [-0.2, -0.15) is 4.31 Å². The topological polar surface area (TPSA) is 76.5 Å². The monoisotopic (exact) mass is 300 g/mol. The molecule has 1 fully saturated rings. The van der Waals surface area contributed by atoms with Crippen molar-refractivity contribution < 1.29 is 12.8 Å². The second-order valence-corrected chi connectivity index (χ2v) is 7.38. The molecule has 1 aromatic rings. The molecular formula is C14H24N2O3S. The highest BCUT2D eigenvalue weighted by Crippen LogP contribution is 2.31. The molecule has 2 rings (SSSR count). The van der Waals surface area contributed by atoms with Crippen LogP contribution in [-0.4, -0.2) is 25.8 Å². The van der Waals surface area contributed by atoms with Crippen LogP contribution in [0.25, 0.3) is 0 Å². The molecule has 1 saturated heterocycles. The third kappa shape index (κ3) is 2.64. The lowest BCUT2D eigenvalue weighted by Gasteiger charge is -2.31. The Bertz CT molecular complexity index is 577. The quantitative estimate of drug-likeness (QED) is 0.924. The third-order valence-electron chi connectivity index (χ3n) is 4.19. The van der Waals surface area contributed by atoms with Gasteiger partial charge in [-0.3, -0.25) is 0 Å². The van der Waals surface area contributed by atoms with Crippen LogP contribution >= 0.6 is 0 Å². The van der Waals surface area contributed by atoms with E-state index in [0.29, 0.717) is 36.1 Å². The first-order valence-corrected chi connectivity index (χ1v) is 8.64. The van der Waals surface area contributed by atoms with Gasteiger partial charge in [0.1, 0.15) is 16.4 Å². The van der Waals surface area contributed by atoms with Gasteiger partial charge in [0.15, 0.2) is 0 Å². The Morgan fingerprint density at radius 1 is 1.35 bits per heavy atom. The minimum Gasteiger partial charge on any atom is -0.465 e. The summed E-state index contributed by atoms with van der Waals surface area (Å²) in [6.07, 6.45) is 3.04. The van der Waals surface area contributed by atoms with Gasteiger partial charge in [0.25, 0.3) is 0 Å². The molecule has 1 atom stereocenters. The third-order valence-corrected chi connectivity index (χ3v) is 6.25. The number of sulfonamides is 1. The van der Waals surface area contributed by atoms with Crippen LogP contribution in [0, 0.1) is 19.8 Å². The Labute approximate surface area is 121 Å². The molecule has 0 aliphatic carbocycles. The van der Waals surface area contributed by atoms with E-state index in [-0.39, 0.29) is 11.4 Å². The van der Waals surface area contributed by atoms with E-state index in [2.05, 4.69) is 6.92 Å². The summed E-state index contributed by atoms with van der Waals surface area (Å²) in [4.78, 5) is 0.286. The molecule has 0 radical (unpaired) electrons. The van der Waals surface area contributed by atoms with Gasteiger partial charge < -0.3 is 10.2 Å². The maximum atomic E-state index is 12.9. The zero-order chi connectivity index (χ0) is 14.9. The molecule has 1 unspecified atom stereocenters. The highest BCUT2D eigenvalue weighted by atomic mass is 32.2. The summed E-state index contributed by atoms with van der Waals surface area (Å²) in [5.41, 5.74) is 6.31. The first kappa shape index (κ1) is 15.5. The molecule has 20 heavy (non-hydrogen) atoms. The molecule has 1 aliphatic rings. The number of hydrogen-bond donors (Lipinski definition) is 1. The van der Waals surface area contributed by atoms with E-state index < -0.39 is 10.0 Å². The Kier molecular flexibility index (Phi) is 4.56. The number of rotatable bonds is 4. The normalized spacial score (nSPS) is 21.3. The molecule has 0 aromatic carbocycles. The van der Waals surface area contributed by atoms with E-state index >= 15 is 0 Å². The molecule has 1 aromatic heterocycles. The van der Waals surface area contributed by atoms with Crippen molar-refractivity contribution in [2.45, 2.75) is 51.5 Å². The molecule has 2 N–H and O–H groups in total. The van der Waals surface area contributed by atoms with Crippen LogP contribution < -0.4 is 5.73 Å². The number of nitrogens with two attached hydrogens (primary N) is 1. The van der Waals surface area contributed by atoms with Crippen LogP contribution in [0.15, 0.2) is 9.31 Å². The molecule has 2 heterocycles. The minimum absolute atomic E-state index is 0.183. The Hall–Kier alpha value is -0.850. The second-order valence-electron chi connectivity index (χ2n) is 5.51. The fourth-order valence-electron chi connectivity index (χ4n) is 2.99. The maximum Gasteiger partial charge on any atom is 0.246 e. The average Bonchev–Trinajstić information content (AvgIpc) is 2.73. The molecule has 0 spiro atoms. The fraction of sp³-hybridized carbons (Fsp3) is 0.714. The zero-order valence-electron chi connectivity index (χ0n) is 12.5. The van der Waals surface area contributed by atoms with Crippen molar-refractivity contribution in [3.63, 3.8) is 0 Å². The summed E-state index contributed by atoms with van der Waals surface area (Å²) in [6, 6.07) is 0. The zero-order valence-corrected chi connectivity index (χ0v) is 13.3. The van der Waals surface area contributed by atoms with E-state index in [1.807, 2.05) is 0 Å². The molecule has 0 bridgehead atoms. The molecule has 114 valence electrons. The van der Waals surface area contributed by atoms with Crippen molar-refractivity contribution in [2.75, 3.05) is 13.1 Å². The lowest BCUT2D eigenvalue weighted by atomic mass is 9.97. The van der Waals surface area contributed by atoms with Crippen molar-refractivity contribution >= 4 is 10.0 Å². The smallest absolute Gasteiger partial charge is 0.246 e. The van der Waals surface area contributed by atoms with E-state index in [0.717, 1.165) is 19.3 Å². The first-order valence-electron chi connectivity index (χ1n) is 7.20. The van der Waals surface area contributed by atoms with Gasteiger partial charge in [-0.15, -0.1) is 0 Å².